The van der Waals surface area contributed by atoms with Crippen LogP contribution in [0.4, 0.5) is 13.2 Å². The first-order chi connectivity index (χ1) is 17.0. The van der Waals surface area contributed by atoms with Crippen LogP contribution in [0.5, 0.6) is 0 Å². The summed E-state index contributed by atoms with van der Waals surface area (Å²) < 4.78 is 45.4. The maximum atomic E-state index is 13.2. The zero-order valence-corrected chi connectivity index (χ0v) is 21.8. The summed E-state index contributed by atoms with van der Waals surface area (Å²) in [5, 5.41) is 20.5. The maximum Gasteiger partial charge on any atom is 0.417 e. The van der Waals surface area contributed by atoms with Crippen LogP contribution >= 0.6 is 0 Å². The van der Waals surface area contributed by atoms with Crippen LogP contribution in [-0.2, 0) is 17.5 Å². The fraction of sp³-hybridized carbons (Fsp3) is 0.571. The third-order valence-corrected chi connectivity index (χ3v) is 6.24. The van der Waals surface area contributed by atoms with Crippen LogP contribution in [0.25, 0.3) is 11.1 Å². The van der Waals surface area contributed by atoms with E-state index in [4.69, 9.17) is 9.84 Å². The van der Waals surface area contributed by atoms with Crippen LogP contribution in [0.3, 0.4) is 0 Å². The lowest BCUT2D eigenvalue weighted by Gasteiger charge is -2.34. The van der Waals surface area contributed by atoms with Crippen LogP contribution in [0, 0.1) is 11.8 Å². The molecule has 3 rings (SSSR count). The lowest BCUT2D eigenvalue weighted by atomic mass is 9.98. The first-order valence-corrected chi connectivity index (χ1v) is 12.6. The zero-order valence-electron chi connectivity index (χ0n) is 21.8. The van der Waals surface area contributed by atoms with Gasteiger partial charge in [-0.3, -0.25) is 4.90 Å². The molecule has 202 valence electrons. The van der Waals surface area contributed by atoms with Gasteiger partial charge in [-0.05, 0) is 34.6 Å². The van der Waals surface area contributed by atoms with Crippen molar-refractivity contribution in [3.05, 3.63) is 59.7 Å². The summed E-state index contributed by atoms with van der Waals surface area (Å²) in [6.07, 6.45) is -4.41. The van der Waals surface area contributed by atoms with Crippen molar-refractivity contribution in [3.63, 3.8) is 0 Å². The van der Waals surface area contributed by atoms with Crippen molar-refractivity contribution in [1.82, 2.24) is 10.2 Å². The van der Waals surface area contributed by atoms with Crippen molar-refractivity contribution in [2.24, 2.45) is 11.8 Å². The lowest BCUT2D eigenvalue weighted by Crippen LogP contribution is -2.44. The number of ether oxygens (including phenoxy) is 1. The molecule has 1 aliphatic rings. The molecule has 0 aromatic heterocycles. The molecule has 1 aliphatic heterocycles. The summed E-state index contributed by atoms with van der Waals surface area (Å²) in [5.41, 5.74) is 1.31. The molecule has 2 aromatic carbocycles. The Kier molecular flexibility index (Phi) is 12.3. The van der Waals surface area contributed by atoms with Gasteiger partial charge in [-0.15, -0.1) is 0 Å². The van der Waals surface area contributed by atoms with Gasteiger partial charge in [0.15, 0.2) is 0 Å². The van der Waals surface area contributed by atoms with Gasteiger partial charge in [0.05, 0.1) is 31.0 Å². The van der Waals surface area contributed by atoms with E-state index in [1.165, 1.54) is 12.1 Å². The third kappa shape index (κ3) is 9.82. The molecule has 0 saturated carbocycles. The van der Waals surface area contributed by atoms with Gasteiger partial charge < -0.3 is 20.3 Å². The van der Waals surface area contributed by atoms with Gasteiger partial charge >= 0.3 is 6.18 Å². The molecule has 3 N–H and O–H groups in total. The molecule has 2 atom stereocenters. The molecule has 0 bridgehead atoms. The number of rotatable bonds is 9. The average Bonchev–Trinajstić information content (AvgIpc) is 2.84. The second kappa shape index (κ2) is 14.7. The number of nitrogens with zero attached hydrogens (tertiary/aromatic N) is 1. The van der Waals surface area contributed by atoms with Gasteiger partial charge in [0.25, 0.3) is 0 Å². The minimum Gasteiger partial charge on any atom is -0.395 e. The van der Waals surface area contributed by atoms with Crippen molar-refractivity contribution >= 4 is 0 Å². The highest BCUT2D eigenvalue weighted by Crippen LogP contribution is 2.37. The predicted molar refractivity (Wildman–Crippen MR) is 138 cm³/mol. The predicted octanol–water partition coefficient (Wildman–Crippen LogP) is 4.81. The smallest absolute Gasteiger partial charge is 0.395 e. The van der Waals surface area contributed by atoms with Gasteiger partial charge in [-0.1, -0.05) is 70.2 Å². The molecule has 36 heavy (non-hydrogen) atoms. The first-order valence-electron chi connectivity index (χ1n) is 12.6. The number of hydrogen-bond acceptors (Lipinski definition) is 5. The Labute approximate surface area is 213 Å². The number of alkyl halides is 3. The minimum atomic E-state index is -4.35. The quantitative estimate of drug-likeness (QED) is 0.423. The molecule has 0 amide bonds. The summed E-state index contributed by atoms with van der Waals surface area (Å²) in [7, 11) is 0. The molecule has 5 nitrogen and oxygen atoms in total. The van der Waals surface area contributed by atoms with E-state index < -0.39 is 11.7 Å². The Morgan fingerprint density at radius 1 is 1.06 bits per heavy atom. The minimum absolute atomic E-state index is 0.130. The summed E-state index contributed by atoms with van der Waals surface area (Å²) >= 11 is 0. The topological polar surface area (TPSA) is 65.0 Å². The Bertz CT molecular complexity index is 888. The second-order valence-corrected chi connectivity index (χ2v) is 9.87. The van der Waals surface area contributed by atoms with E-state index in [0.717, 1.165) is 37.9 Å². The lowest BCUT2D eigenvalue weighted by molar-refractivity contribution is -0.137. The van der Waals surface area contributed by atoms with Crippen molar-refractivity contribution in [2.45, 2.75) is 52.6 Å². The van der Waals surface area contributed by atoms with Crippen LogP contribution in [0.2, 0.25) is 0 Å². The Morgan fingerprint density at radius 2 is 1.72 bits per heavy atom. The number of benzene rings is 2. The van der Waals surface area contributed by atoms with E-state index in [1.807, 2.05) is 26.0 Å². The molecule has 1 fully saturated rings. The second-order valence-electron chi connectivity index (χ2n) is 9.87. The number of halogens is 3. The van der Waals surface area contributed by atoms with E-state index in [1.54, 1.807) is 18.2 Å². The van der Waals surface area contributed by atoms with E-state index >= 15 is 0 Å². The molecule has 8 heteroatoms. The molecule has 0 aliphatic carbocycles. The molecular formula is C28H41F3N2O3. The summed E-state index contributed by atoms with van der Waals surface area (Å²) in [6.45, 7) is 12.8. The maximum absolute atomic E-state index is 13.2. The molecule has 2 unspecified atom stereocenters. The molecule has 1 heterocycles. The fourth-order valence-electron chi connectivity index (χ4n) is 3.87. The normalized spacial score (nSPS) is 17.7. The fourth-order valence-corrected chi connectivity index (χ4v) is 3.87. The van der Waals surface area contributed by atoms with Gasteiger partial charge in [0.2, 0.25) is 0 Å². The Morgan fingerprint density at radius 3 is 2.31 bits per heavy atom. The highest BCUT2D eigenvalue weighted by molar-refractivity contribution is 5.68. The number of nitrogens with one attached hydrogen (secondary N) is 1. The highest BCUT2D eigenvalue weighted by Gasteiger charge is 2.33. The van der Waals surface area contributed by atoms with E-state index in [2.05, 4.69) is 24.1 Å². The molecule has 0 radical (unpaired) electrons. The average molecular weight is 511 g/mol. The van der Waals surface area contributed by atoms with Gasteiger partial charge in [0.1, 0.15) is 0 Å². The summed E-state index contributed by atoms with van der Waals surface area (Å²) in [5.74, 6) is 0.755. The third-order valence-electron chi connectivity index (χ3n) is 6.24. The SMILES string of the molecule is CC(C)C(O)CNCCO.CC(C)C1CN(Cc2ccc(-c3ccccc3C(F)(F)F)cc2)CCO1. The summed E-state index contributed by atoms with van der Waals surface area (Å²) in [4.78, 5) is 2.34. The first kappa shape index (κ1) is 30.3. The molecule has 0 spiro atoms. The highest BCUT2D eigenvalue weighted by atomic mass is 19.4. The van der Waals surface area contributed by atoms with Crippen molar-refractivity contribution in [3.8, 4) is 11.1 Å². The zero-order chi connectivity index (χ0) is 26.7. The van der Waals surface area contributed by atoms with Crippen LogP contribution in [0.1, 0.15) is 38.8 Å². The van der Waals surface area contributed by atoms with Crippen LogP contribution in [-0.4, -0.2) is 66.7 Å². The van der Waals surface area contributed by atoms with Gasteiger partial charge in [0, 0.05) is 32.7 Å². The van der Waals surface area contributed by atoms with E-state index in [0.29, 0.717) is 24.6 Å². The monoisotopic (exact) mass is 510 g/mol. The number of morpholine rings is 1. The number of aliphatic hydroxyl groups is 2. The van der Waals surface area contributed by atoms with Crippen LogP contribution in [0.15, 0.2) is 48.5 Å². The molecule has 2 aromatic rings. The molecule has 1 saturated heterocycles. The van der Waals surface area contributed by atoms with Crippen molar-refractivity contribution in [1.29, 1.82) is 0 Å². The molecular weight excluding hydrogens is 469 g/mol. The number of aliphatic hydroxyl groups excluding tert-OH is 2. The standard InChI is InChI=1S/C21H24F3NO.C7H17NO2/c1-15(2)20-14-25(11-12-26-20)13-16-7-9-17(10-8-16)18-5-3-4-6-19(18)21(22,23)24;1-6(2)7(10)5-8-3-4-9/h3-10,15,20H,11-14H2,1-2H3;6-10H,3-5H2,1-2H3. The van der Waals surface area contributed by atoms with Crippen molar-refractivity contribution < 1.29 is 28.1 Å². The van der Waals surface area contributed by atoms with E-state index in [9.17, 15) is 18.3 Å². The summed E-state index contributed by atoms with van der Waals surface area (Å²) in [6, 6.07) is 13.1. The van der Waals surface area contributed by atoms with E-state index in [-0.39, 0.29) is 30.3 Å². The Hall–Kier alpha value is -1.97. The number of hydrogen-bond donors (Lipinski definition) is 3. The van der Waals surface area contributed by atoms with Gasteiger partial charge in [-0.25, -0.2) is 0 Å². The van der Waals surface area contributed by atoms with Gasteiger partial charge in [-0.2, -0.15) is 13.2 Å². The largest absolute Gasteiger partial charge is 0.417 e. The van der Waals surface area contributed by atoms with Crippen molar-refractivity contribution in [2.75, 3.05) is 39.4 Å². The van der Waals surface area contributed by atoms with Crippen LogP contribution < -0.4 is 5.32 Å². The Balaban J connectivity index is 0.000000388.